The number of aryl methyl sites for hydroxylation is 2. The van der Waals surface area contributed by atoms with E-state index in [4.69, 9.17) is 0 Å². The summed E-state index contributed by atoms with van der Waals surface area (Å²) < 4.78 is 1.51. The highest BCUT2D eigenvalue weighted by atomic mass is 16.4. The van der Waals surface area contributed by atoms with Gasteiger partial charge < -0.3 is 15.1 Å². The Kier molecular flexibility index (Phi) is 6.86. The largest absolute Gasteiger partial charge is 0.411 e. The zero-order valence-electron chi connectivity index (χ0n) is 18.8. The van der Waals surface area contributed by atoms with E-state index in [2.05, 4.69) is 59.9 Å². The second-order valence-corrected chi connectivity index (χ2v) is 8.72. The molecule has 4 rings (SSSR count). The van der Waals surface area contributed by atoms with Crippen LogP contribution in [0.3, 0.4) is 0 Å². The first-order chi connectivity index (χ1) is 15.6. The SMILES string of the molecule is Cc1ccccc1[C@H](C/C(=N\O)c1ccc(=O)n(C)c1)c1ccc(C2CCNCC2)cc1. The van der Waals surface area contributed by atoms with Crippen LogP contribution in [-0.2, 0) is 7.05 Å². The molecule has 1 fully saturated rings. The molecule has 1 atom stereocenters. The second-order valence-electron chi connectivity index (χ2n) is 8.72. The first kappa shape index (κ1) is 22.0. The van der Waals surface area contributed by atoms with Crippen LogP contribution in [0.25, 0.3) is 0 Å². The van der Waals surface area contributed by atoms with Crippen LogP contribution in [0.2, 0.25) is 0 Å². The van der Waals surface area contributed by atoms with E-state index >= 15 is 0 Å². The van der Waals surface area contributed by atoms with Gasteiger partial charge in [-0.1, -0.05) is 53.7 Å². The third-order valence-corrected chi connectivity index (χ3v) is 6.65. The van der Waals surface area contributed by atoms with Gasteiger partial charge in [0.2, 0.25) is 5.56 Å². The van der Waals surface area contributed by atoms with E-state index in [0.29, 0.717) is 18.1 Å². The molecule has 1 saturated heterocycles. The molecule has 1 aliphatic heterocycles. The Balaban J connectivity index is 1.68. The lowest BCUT2D eigenvalue weighted by Crippen LogP contribution is -2.26. The highest BCUT2D eigenvalue weighted by Gasteiger charge is 2.22. The van der Waals surface area contributed by atoms with E-state index in [1.807, 2.05) is 6.07 Å². The van der Waals surface area contributed by atoms with Gasteiger partial charge in [-0.3, -0.25) is 4.79 Å². The summed E-state index contributed by atoms with van der Waals surface area (Å²) in [5, 5.41) is 16.9. The Hall–Kier alpha value is -3.18. The fraction of sp³-hybridized carbons (Fsp3) is 0.333. The third kappa shape index (κ3) is 4.83. The predicted octanol–water partition coefficient (Wildman–Crippen LogP) is 4.56. The highest BCUT2D eigenvalue weighted by molar-refractivity contribution is 6.00. The quantitative estimate of drug-likeness (QED) is 0.343. The van der Waals surface area contributed by atoms with Gasteiger partial charge in [-0.2, -0.15) is 0 Å². The number of hydrogen-bond acceptors (Lipinski definition) is 4. The number of pyridine rings is 1. The minimum Gasteiger partial charge on any atom is -0.411 e. The van der Waals surface area contributed by atoms with E-state index in [-0.39, 0.29) is 11.5 Å². The van der Waals surface area contributed by atoms with E-state index < -0.39 is 0 Å². The first-order valence-electron chi connectivity index (χ1n) is 11.3. The molecule has 0 aliphatic carbocycles. The molecule has 0 amide bonds. The van der Waals surface area contributed by atoms with Gasteiger partial charge >= 0.3 is 0 Å². The van der Waals surface area contributed by atoms with Crippen LogP contribution in [0.1, 0.15) is 58.9 Å². The molecule has 1 aromatic heterocycles. The molecule has 0 saturated carbocycles. The summed E-state index contributed by atoms with van der Waals surface area (Å²) in [5.41, 5.74) is 6.24. The van der Waals surface area contributed by atoms with E-state index in [9.17, 15) is 10.0 Å². The molecule has 2 aromatic carbocycles. The predicted molar refractivity (Wildman–Crippen MR) is 129 cm³/mol. The number of benzene rings is 2. The van der Waals surface area contributed by atoms with Crippen LogP contribution >= 0.6 is 0 Å². The summed E-state index contributed by atoms with van der Waals surface area (Å²) in [6.45, 7) is 4.27. The van der Waals surface area contributed by atoms with Crippen LogP contribution in [0.15, 0.2) is 76.8 Å². The molecule has 166 valence electrons. The Morgan fingerprint density at radius 3 is 2.47 bits per heavy atom. The smallest absolute Gasteiger partial charge is 0.250 e. The topological polar surface area (TPSA) is 66.6 Å². The number of aromatic nitrogens is 1. The highest BCUT2D eigenvalue weighted by Crippen LogP contribution is 2.33. The lowest BCUT2D eigenvalue weighted by atomic mass is 9.82. The molecule has 2 heterocycles. The Morgan fingerprint density at radius 1 is 1.09 bits per heavy atom. The number of piperidine rings is 1. The molecular weight excluding hydrogens is 398 g/mol. The van der Waals surface area contributed by atoms with Gasteiger partial charge in [0.15, 0.2) is 0 Å². The summed E-state index contributed by atoms with van der Waals surface area (Å²) >= 11 is 0. The molecule has 0 bridgehead atoms. The van der Waals surface area contributed by atoms with Crippen molar-refractivity contribution in [2.24, 2.45) is 12.2 Å². The van der Waals surface area contributed by atoms with Gasteiger partial charge in [0.1, 0.15) is 0 Å². The van der Waals surface area contributed by atoms with Crippen molar-refractivity contribution in [3.63, 3.8) is 0 Å². The molecule has 32 heavy (non-hydrogen) atoms. The Bertz CT molecular complexity index is 1140. The van der Waals surface area contributed by atoms with Crippen LogP contribution in [0.5, 0.6) is 0 Å². The molecule has 0 radical (unpaired) electrons. The van der Waals surface area contributed by atoms with Crippen molar-refractivity contribution in [3.05, 3.63) is 105 Å². The molecule has 2 N–H and O–H groups in total. The fourth-order valence-electron chi connectivity index (χ4n) is 4.72. The maximum absolute atomic E-state index is 11.8. The normalized spacial score (nSPS) is 16.1. The standard InChI is InChI=1S/C27H31N3O2/c1-19-5-3-4-6-24(19)25(17-26(29-32)23-11-12-27(31)30(2)18-23)22-9-7-20(8-10-22)21-13-15-28-16-14-21/h3-12,18,21,25,28,32H,13-17H2,1-2H3/b29-26+/t25-/m1/s1. The van der Waals surface area contributed by atoms with E-state index in [0.717, 1.165) is 18.7 Å². The zero-order chi connectivity index (χ0) is 22.5. The average molecular weight is 430 g/mol. The maximum atomic E-state index is 11.8. The van der Waals surface area contributed by atoms with Gasteiger partial charge in [0.25, 0.3) is 0 Å². The summed E-state index contributed by atoms with van der Waals surface area (Å²) in [4.78, 5) is 11.8. The first-order valence-corrected chi connectivity index (χ1v) is 11.3. The molecular formula is C27H31N3O2. The van der Waals surface area contributed by atoms with Crippen molar-refractivity contribution in [3.8, 4) is 0 Å². The van der Waals surface area contributed by atoms with Crippen LogP contribution in [0.4, 0.5) is 0 Å². The van der Waals surface area contributed by atoms with E-state index in [1.54, 1.807) is 19.3 Å². The monoisotopic (exact) mass is 429 g/mol. The molecule has 1 aliphatic rings. The van der Waals surface area contributed by atoms with Crippen molar-refractivity contribution in [2.75, 3.05) is 13.1 Å². The van der Waals surface area contributed by atoms with Gasteiger partial charge in [0, 0.05) is 37.2 Å². The summed E-state index contributed by atoms with van der Waals surface area (Å²) in [6, 6.07) is 20.6. The Labute approximate surface area is 189 Å². The van der Waals surface area contributed by atoms with E-state index in [1.165, 1.54) is 45.7 Å². The third-order valence-electron chi connectivity index (χ3n) is 6.65. The molecule has 0 unspecified atom stereocenters. The lowest BCUT2D eigenvalue weighted by molar-refractivity contribution is 0.317. The van der Waals surface area contributed by atoms with Crippen LogP contribution in [-0.4, -0.2) is 28.6 Å². The van der Waals surface area contributed by atoms with Crippen molar-refractivity contribution in [1.29, 1.82) is 0 Å². The second kappa shape index (κ2) is 9.96. The number of nitrogens with zero attached hydrogens (tertiary/aromatic N) is 2. The van der Waals surface area contributed by atoms with Crippen molar-refractivity contribution in [2.45, 2.75) is 38.0 Å². The van der Waals surface area contributed by atoms with Crippen LogP contribution in [0, 0.1) is 6.92 Å². The summed E-state index contributed by atoms with van der Waals surface area (Å²) in [6.07, 6.45) is 4.61. The lowest BCUT2D eigenvalue weighted by Gasteiger charge is -2.25. The van der Waals surface area contributed by atoms with Gasteiger partial charge in [-0.15, -0.1) is 0 Å². The molecule has 3 aromatic rings. The minimum atomic E-state index is -0.0880. The van der Waals surface area contributed by atoms with Gasteiger partial charge in [0.05, 0.1) is 5.71 Å². The number of hydrogen-bond donors (Lipinski definition) is 2. The minimum absolute atomic E-state index is 0.0430. The molecule has 5 nitrogen and oxygen atoms in total. The van der Waals surface area contributed by atoms with Crippen molar-refractivity contribution in [1.82, 2.24) is 9.88 Å². The average Bonchev–Trinajstić information content (AvgIpc) is 2.83. The summed E-state index contributed by atoms with van der Waals surface area (Å²) in [7, 11) is 1.71. The zero-order valence-corrected chi connectivity index (χ0v) is 18.8. The number of nitrogens with one attached hydrogen (secondary N) is 1. The number of oxime groups is 1. The van der Waals surface area contributed by atoms with Crippen LogP contribution < -0.4 is 10.9 Å². The Morgan fingerprint density at radius 2 is 1.81 bits per heavy atom. The van der Waals surface area contributed by atoms with Crippen molar-refractivity contribution < 1.29 is 5.21 Å². The van der Waals surface area contributed by atoms with Gasteiger partial charge in [-0.05, 0) is 67.1 Å². The number of rotatable bonds is 6. The maximum Gasteiger partial charge on any atom is 0.250 e. The summed E-state index contributed by atoms with van der Waals surface area (Å²) in [5.74, 6) is 0.656. The van der Waals surface area contributed by atoms with Gasteiger partial charge in [-0.25, -0.2) is 0 Å². The molecule has 5 heteroatoms. The fourth-order valence-corrected chi connectivity index (χ4v) is 4.72. The molecule has 0 spiro atoms. The van der Waals surface area contributed by atoms with Crippen molar-refractivity contribution >= 4 is 5.71 Å².